The first-order valence-electron chi connectivity index (χ1n) is 12.6. The lowest BCUT2D eigenvalue weighted by Gasteiger charge is -2.33. The van der Waals surface area contributed by atoms with Crippen LogP contribution in [0.25, 0.3) is 0 Å². The van der Waals surface area contributed by atoms with Gasteiger partial charge in [-0.3, -0.25) is 4.90 Å². The molecular weight excluding hydrogens is 488 g/mol. The quantitative estimate of drug-likeness (QED) is 0.554. The topological polar surface area (TPSA) is 78.9 Å². The molecule has 8 nitrogen and oxygen atoms in total. The molecule has 3 heterocycles. The Bertz CT molecular complexity index is 1150. The summed E-state index contributed by atoms with van der Waals surface area (Å²) in [5.74, 6) is -0.169. The molecule has 3 aliphatic rings. The molecule has 2 atom stereocenters. The van der Waals surface area contributed by atoms with Crippen molar-refractivity contribution in [3.05, 3.63) is 47.3 Å². The molecule has 0 spiro atoms. The molecule has 36 heavy (non-hydrogen) atoms. The van der Waals surface area contributed by atoms with Crippen molar-refractivity contribution >= 4 is 16.0 Å². The standard InChI is InChI=1S/C25H33F2N5O3S/c1-3-17-12-28-25(29-13-17)31-15-19-10-21(11-20(19)16-31)35-24-22(26)8-18(9-23(24)27)14-30-4-6-32(7-5-30)36(2,33)34/h8-9,12-13,19-21H,3-7,10-11,14-16H2,1-2H3. The van der Waals surface area contributed by atoms with Gasteiger partial charge in [-0.15, -0.1) is 0 Å². The first-order chi connectivity index (χ1) is 17.2. The van der Waals surface area contributed by atoms with E-state index in [1.807, 2.05) is 17.3 Å². The Morgan fingerprint density at radius 3 is 2.08 bits per heavy atom. The Morgan fingerprint density at radius 1 is 0.972 bits per heavy atom. The van der Waals surface area contributed by atoms with E-state index in [2.05, 4.69) is 21.8 Å². The van der Waals surface area contributed by atoms with Gasteiger partial charge in [-0.05, 0) is 54.4 Å². The van der Waals surface area contributed by atoms with Crippen LogP contribution in [0.4, 0.5) is 14.7 Å². The van der Waals surface area contributed by atoms with Crippen LogP contribution >= 0.6 is 0 Å². The molecule has 0 bridgehead atoms. The lowest BCUT2D eigenvalue weighted by molar-refractivity contribution is 0.177. The zero-order valence-electron chi connectivity index (χ0n) is 20.7. The first kappa shape index (κ1) is 25.3. The Morgan fingerprint density at radius 2 is 1.56 bits per heavy atom. The zero-order chi connectivity index (χ0) is 25.4. The van der Waals surface area contributed by atoms with Gasteiger partial charge < -0.3 is 9.64 Å². The molecule has 1 aliphatic carbocycles. The summed E-state index contributed by atoms with van der Waals surface area (Å²) < 4.78 is 60.4. The number of fused-ring (bicyclic) bond motifs is 1. The monoisotopic (exact) mass is 521 g/mol. The van der Waals surface area contributed by atoms with E-state index < -0.39 is 21.7 Å². The average Bonchev–Trinajstić information content (AvgIpc) is 3.40. The van der Waals surface area contributed by atoms with Gasteiger partial charge in [0.15, 0.2) is 17.4 Å². The third-order valence-corrected chi connectivity index (χ3v) is 8.94. The maximum absolute atomic E-state index is 14.9. The highest BCUT2D eigenvalue weighted by Crippen LogP contribution is 2.41. The Labute approximate surface area is 211 Å². The van der Waals surface area contributed by atoms with E-state index >= 15 is 0 Å². The molecule has 11 heteroatoms. The molecule has 1 saturated carbocycles. The third-order valence-electron chi connectivity index (χ3n) is 7.64. The summed E-state index contributed by atoms with van der Waals surface area (Å²) in [6, 6.07) is 2.66. The number of nitrogens with zero attached hydrogens (tertiary/aromatic N) is 5. The van der Waals surface area contributed by atoms with Crippen molar-refractivity contribution < 1.29 is 21.9 Å². The van der Waals surface area contributed by atoms with E-state index in [9.17, 15) is 17.2 Å². The Balaban J connectivity index is 1.15. The Hall–Kier alpha value is -2.37. The lowest BCUT2D eigenvalue weighted by Crippen LogP contribution is -2.47. The molecule has 2 unspecified atom stereocenters. The van der Waals surface area contributed by atoms with Crippen LogP contribution in [0.5, 0.6) is 5.75 Å². The van der Waals surface area contributed by atoms with Crippen LogP contribution in [0.3, 0.4) is 0 Å². The van der Waals surface area contributed by atoms with Gasteiger partial charge in [0.25, 0.3) is 0 Å². The van der Waals surface area contributed by atoms with Crippen LogP contribution in [-0.4, -0.2) is 79.2 Å². The second kappa shape index (κ2) is 10.2. The second-order valence-corrected chi connectivity index (χ2v) is 12.2. The van der Waals surface area contributed by atoms with Crippen molar-refractivity contribution in [1.82, 2.24) is 19.2 Å². The summed E-state index contributed by atoms with van der Waals surface area (Å²) in [5, 5.41) is 0. The predicted molar refractivity (Wildman–Crippen MR) is 132 cm³/mol. The summed E-state index contributed by atoms with van der Waals surface area (Å²) in [6.07, 6.45) is 7.11. The van der Waals surface area contributed by atoms with E-state index in [4.69, 9.17) is 4.74 Å². The predicted octanol–water partition coefficient (Wildman–Crippen LogP) is 2.69. The number of rotatable bonds is 7. The number of sulfonamides is 1. The minimum absolute atomic E-state index is 0.218. The number of piperazine rings is 1. The number of hydrogen-bond acceptors (Lipinski definition) is 7. The molecule has 3 fully saturated rings. The molecule has 5 rings (SSSR count). The minimum Gasteiger partial charge on any atom is -0.484 e. The summed E-state index contributed by atoms with van der Waals surface area (Å²) >= 11 is 0. The fourth-order valence-electron chi connectivity index (χ4n) is 5.66. The molecular formula is C25H33F2N5O3S. The number of benzene rings is 1. The van der Waals surface area contributed by atoms with Gasteiger partial charge in [-0.1, -0.05) is 6.92 Å². The summed E-state index contributed by atoms with van der Waals surface area (Å²) in [4.78, 5) is 13.2. The largest absolute Gasteiger partial charge is 0.484 e. The van der Waals surface area contributed by atoms with Crippen molar-refractivity contribution in [2.24, 2.45) is 11.8 Å². The molecule has 2 saturated heterocycles. The maximum atomic E-state index is 14.9. The number of ether oxygens (including phenoxy) is 1. The van der Waals surface area contributed by atoms with Gasteiger partial charge in [0.05, 0.1) is 12.4 Å². The number of anilines is 1. The molecule has 0 radical (unpaired) electrons. The van der Waals surface area contributed by atoms with Crippen molar-refractivity contribution in [2.75, 3.05) is 50.4 Å². The van der Waals surface area contributed by atoms with Crippen LogP contribution in [0.2, 0.25) is 0 Å². The van der Waals surface area contributed by atoms with Crippen LogP contribution in [0.15, 0.2) is 24.5 Å². The number of aryl methyl sites for hydroxylation is 1. The molecule has 2 aliphatic heterocycles. The average molecular weight is 522 g/mol. The molecule has 1 aromatic heterocycles. The van der Waals surface area contributed by atoms with E-state index in [1.54, 1.807) is 0 Å². The third kappa shape index (κ3) is 5.47. The molecule has 0 amide bonds. The highest BCUT2D eigenvalue weighted by molar-refractivity contribution is 7.88. The molecule has 0 N–H and O–H groups in total. The van der Waals surface area contributed by atoms with E-state index in [0.717, 1.165) is 43.9 Å². The fourth-order valence-corrected chi connectivity index (χ4v) is 6.48. The van der Waals surface area contributed by atoms with Crippen molar-refractivity contribution in [3.8, 4) is 5.75 Å². The van der Waals surface area contributed by atoms with Gasteiger partial charge in [0.1, 0.15) is 0 Å². The zero-order valence-corrected chi connectivity index (χ0v) is 21.6. The molecule has 2 aromatic rings. The number of hydrogen-bond donors (Lipinski definition) is 0. The van der Waals surface area contributed by atoms with Crippen LogP contribution in [0, 0.1) is 23.5 Å². The van der Waals surface area contributed by atoms with Crippen molar-refractivity contribution in [2.45, 2.75) is 38.8 Å². The first-order valence-corrected chi connectivity index (χ1v) is 14.4. The van der Waals surface area contributed by atoms with Crippen LogP contribution < -0.4 is 9.64 Å². The summed E-state index contributed by atoms with van der Waals surface area (Å²) in [7, 11) is -3.22. The highest BCUT2D eigenvalue weighted by atomic mass is 32.2. The summed E-state index contributed by atoms with van der Waals surface area (Å²) in [5.41, 5.74) is 1.62. The smallest absolute Gasteiger partial charge is 0.225 e. The Kier molecular flexibility index (Phi) is 7.15. The maximum Gasteiger partial charge on any atom is 0.225 e. The van der Waals surface area contributed by atoms with E-state index in [1.165, 1.54) is 22.7 Å². The van der Waals surface area contributed by atoms with Gasteiger partial charge in [-0.25, -0.2) is 27.2 Å². The molecule has 196 valence electrons. The van der Waals surface area contributed by atoms with Gasteiger partial charge >= 0.3 is 0 Å². The van der Waals surface area contributed by atoms with Crippen LogP contribution in [0.1, 0.15) is 30.9 Å². The van der Waals surface area contributed by atoms with Gasteiger partial charge in [-0.2, -0.15) is 4.31 Å². The van der Waals surface area contributed by atoms with Crippen molar-refractivity contribution in [3.63, 3.8) is 0 Å². The van der Waals surface area contributed by atoms with Crippen LogP contribution in [-0.2, 0) is 23.0 Å². The molecule has 1 aromatic carbocycles. The van der Waals surface area contributed by atoms with Gasteiger partial charge in [0.2, 0.25) is 16.0 Å². The second-order valence-electron chi connectivity index (χ2n) is 10.2. The van der Waals surface area contributed by atoms with E-state index in [-0.39, 0.29) is 11.9 Å². The normalized spacial score (nSPS) is 25.3. The van der Waals surface area contributed by atoms with E-state index in [0.29, 0.717) is 50.1 Å². The number of aromatic nitrogens is 2. The minimum atomic E-state index is -3.22. The van der Waals surface area contributed by atoms with Gasteiger partial charge in [0, 0.05) is 58.2 Å². The lowest BCUT2D eigenvalue weighted by atomic mass is 10.0. The fraction of sp³-hybridized carbons (Fsp3) is 0.600. The number of halogens is 2. The SMILES string of the molecule is CCc1cnc(N2CC3CC(Oc4c(F)cc(CN5CCN(S(C)(=O)=O)CC5)cc4F)CC3C2)nc1. The highest BCUT2D eigenvalue weighted by Gasteiger charge is 2.43. The summed E-state index contributed by atoms with van der Waals surface area (Å²) in [6.45, 7) is 5.87. The van der Waals surface area contributed by atoms with Crippen molar-refractivity contribution in [1.29, 1.82) is 0 Å².